The van der Waals surface area contributed by atoms with Crippen LogP contribution in [0.2, 0.25) is 0 Å². The fourth-order valence-electron chi connectivity index (χ4n) is 4.48. The highest BCUT2D eigenvalue weighted by Crippen LogP contribution is 2.36. The normalized spacial score (nSPS) is 14.1. The fraction of sp³-hybridized carbons (Fsp3) is 0.333. The Balaban J connectivity index is 1.64. The molecule has 0 spiro atoms. The Morgan fingerprint density at radius 2 is 1.69 bits per heavy atom. The van der Waals surface area contributed by atoms with Gasteiger partial charge >= 0.3 is 5.97 Å². The van der Waals surface area contributed by atoms with Crippen LogP contribution in [0.5, 0.6) is 23.0 Å². The molecule has 0 bridgehead atoms. The van der Waals surface area contributed by atoms with Gasteiger partial charge in [-0.15, -0.1) is 0 Å². The molecule has 9 nitrogen and oxygen atoms in total. The summed E-state index contributed by atoms with van der Waals surface area (Å²) in [5.41, 5.74) is 2.25. The largest absolute Gasteiger partial charge is 0.508 e. The Hall–Kier alpha value is -3.98. The number of hydrogen-bond acceptors (Lipinski definition) is 9. The van der Waals surface area contributed by atoms with Crippen molar-refractivity contribution in [2.24, 2.45) is 0 Å². The summed E-state index contributed by atoms with van der Waals surface area (Å²) in [5.74, 6) is -0.123. The predicted octanol–water partition coefficient (Wildman–Crippen LogP) is 3.32. The Labute approximate surface area is 208 Å². The van der Waals surface area contributed by atoms with E-state index in [-0.39, 0.29) is 17.9 Å². The van der Waals surface area contributed by atoms with E-state index >= 15 is 0 Å². The van der Waals surface area contributed by atoms with Crippen LogP contribution < -0.4 is 14.9 Å². The molecule has 0 amide bonds. The van der Waals surface area contributed by atoms with Crippen molar-refractivity contribution in [1.29, 1.82) is 0 Å². The molecule has 190 valence electrons. The number of carbonyl (C=O) groups is 1. The lowest BCUT2D eigenvalue weighted by molar-refractivity contribution is -0.140. The molecule has 1 aromatic heterocycles. The molecule has 1 aliphatic rings. The van der Waals surface area contributed by atoms with Gasteiger partial charge in [0.1, 0.15) is 11.5 Å². The number of ether oxygens (including phenoxy) is 3. The number of carbonyl (C=O) groups excluding carboxylic acids is 1. The molecule has 4 rings (SSSR count). The molecule has 0 radical (unpaired) electrons. The monoisotopic (exact) mass is 495 g/mol. The lowest BCUT2D eigenvalue weighted by Gasteiger charge is -2.29. The van der Waals surface area contributed by atoms with Gasteiger partial charge in [-0.3, -0.25) is 14.5 Å². The zero-order chi connectivity index (χ0) is 25.8. The van der Waals surface area contributed by atoms with Crippen LogP contribution in [0.3, 0.4) is 0 Å². The van der Waals surface area contributed by atoms with E-state index in [1.54, 1.807) is 26.4 Å². The summed E-state index contributed by atoms with van der Waals surface area (Å²) in [5, 5.41) is 20.2. The number of methoxy groups -OCH3 is 3. The molecule has 2 heterocycles. The quantitative estimate of drug-likeness (QED) is 0.454. The summed E-state index contributed by atoms with van der Waals surface area (Å²) in [4.78, 5) is 27.0. The van der Waals surface area contributed by atoms with E-state index in [9.17, 15) is 19.8 Å². The number of nitrogens with zero attached hydrogens (tertiary/aromatic N) is 1. The first-order chi connectivity index (χ1) is 17.3. The first-order valence-electron chi connectivity index (χ1n) is 11.5. The van der Waals surface area contributed by atoms with Gasteiger partial charge in [0.2, 0.25) is 11.2 Å². The fourth-order valence-corrected chi connectivity index (χ4v) is 4.48. The number of phenolic OH excluding ortho intramolecular Hbond substituents is 1. The number of phenols is 1. The summed E-state index contributed by atoms with van der Waals surface area (Å²) >= 11 is 0. The third-order valence-electron chi connectivity index (χ3n) is 6.39. The van der Waals surface area contributed by atoms with Gasteiger partial charge < -0.3 is 28.8 Å². The van der Waals surface area contributed by atoms with E-state index in [1.165, 1.54) is 30.9 Å². The number of aromatic hydroxyl groups is 2. The Morgan fingerprint density at radius 1 is 1.03 bits per heavy atom. The molecule has 1 atom stereocenters. The van der Waals surface area contributed by atoms with E-state index in [2.05, 4.69) is 4.90 Å². The molecule has 0 aliphatic carbocycles. The summed E-state index contributed by atoms with van der Waals surface area (Å²) < 4.78 is 21.7. The van der Waals surface area contributed by atoms with Crippen LogP contribution in [0.4, 0.5) is 0 Å². The lowest BCUT2D eigenvalue weighted by atomic mass is 9.92. The van der Waals surface area contributed by atoms with Crippen LogP contribution in [0.15, 0.2) is 51.7 Å². The number of rotatable bonds is 8. The van der Waals surface area contributed by atoms with Crippen molar-refractivity contribution in [2.75, 3.05) is 27.9 Å². The second-order valence-electron chi connectivity index (χ2n) is 8.65. The van der Waals surface area contributed by atoms with Crippen molar-refractivity contribution >= 4 is 5.97 Å². The van der Waals surface area contributed by atoms with Gasteiger partial charge in [0.25, 0.3) is 0 Å². The Morgan fingerprint density at radius 3 is 2.33 bits per heavy atom. The zero-order valence-corrected chi connectivity index (χ0v) is 20.4. The van der Waals surface area contributed by atoms with Gasteiger partial charge in [-0.25, -0.2) is 0 Å². The van der Waals surface area contributed by atoms with Crippen molar-refractivity contribution in [3.63, 3.8) is 0 Å². The highest BCUT2D eigenvalue weighted by Gasteiger charge is 2.27. The van der Waals surface area contributed by atoms with Crippen molar-refractivity contribution in [3.8, 4) is 23.0 Å². The van der Waals surface area contributed by atoms with Crippen LogP contribution in [-0.4, -0.2) is 49.0 Å². The van der Waals surface area contributed by atoms with Gasteiger partial charge in [-0.1, -0.05) is 12.1 Å². The molecule has 0 saturated carbocycles. The van der Waals surface area contributed by atoms with E-state index < -0.39 is 23.1 Å². The zero-order valence-electron chi connectivity index (χ0n) is 20.4. The third kappa shape index (κ3) is 5.31. The molecule has 2 N–H and O–H groups in total. The summed E-state index contributed by atoms with van der Waals surface area (Å²) in [6.45, 7) is 1.67. The molecule has 9 heteroatoms. The molecular weight excluding hydrogens is 466 g/mol. The summed E-state index contributed by atoms with van der Waals surface area (Å²) in [6, 6.07) is 11.4. The number of esters is 1. The van der Waals surface area contributed by atoms with E-state index in [1.807, 2.05) is 12.1 Å². The molecule has 3 aromatic rings. The lowest BCUT2D eigenvalue weighted by Crippen LogP contribution is -2.30. The molecule has 36 heavy (non-hydrogen) atoms. The van der Waals surface area contributed by atoms with Crippen LogP contribution in [0.1, 0.15) is 40.5 Å². The molecule has 0 fully saturated rings. The van der Waals surface area contributed by atoms with Crippen molar-refractivity contribution in [3.05, 3.63) is 80.9 Å². The van der Waals surface area contributed by atoms with Gasteiger partial charge in [0.15, 0.2) is 17.3 Å². The maximum absolute atomic E-state index is 12.7. The predicted molar refractivity (Wildman–Crippen MR) is 131 cm³/mol. The minimum absolute atomic E-state index is 0.0163. The molecule has 0 saturated heterocycles. The minimum atomic E-state index is -0.774. The molecule has 1 unspecified atom stereocenters. The van der Waals surface area contributed by atoms with Gasteiger partial charge in [-0.2, -0.15) is 0 Å². The number of hydrogen-bond donors (Lipinski definition) is 2. The van der Waals surface area contributed by atoms with Crippen molar-refractivity contribution in [1.82, 2.24) is 4.90 Å². The van der Waals surface area contributed by atoms with E-state index in [0.29, 0.717) is 35.9 Å². The van der Waals surface area contributed by atoms with Crippen LogP contribution in [0, 0.1) is 0 Å². The minimum Gasteiger partial charge on any atom is -0.508 e. The summed E-state index contributed by atoms with van der Waals surface area (Å²) in [7, 11) is 4.47. The van der Waals surface area contributed by atoms with Crippen molar-refractivity contribution in [2.45, 2.75) is 31.8 Å². The van der Waals surface area contributed by atoms with Crippen LogP contribution >= 0.6 is 0 Å². The highest BCUT2D eigenvalue weighted by atomic mass is 16.5. The van der Waals surface area contributed by atoms with E-state index in [0.717, 1.165) is 18.5 Å². The standard InChI is InChI=1S/C27H29NO8/c1-33-23-10-17-8-9-28(14-18(17)11-24(23)34-2)15-20-12-22(30)26(32)27(36-20)21(13-25(31)35-3)16-4-6-19(29)7-5-16/h4-7,10-12,21,29,32H,8-9,13-15H2,1-3H3. The molecule has 1 aliphatic heterocycles. The highest BCUT2D eigenvalue weighted by molar-refractivity contribution is 5.71. The Kier molecular flexibility index (Phi) is 7.49. The average molecular weight is 496 g/mol. The van der Waals surface area contributed by atoms with E-state index in [4.69, 9.17) is 18.6 Å². The van der Waals surface area contributed by atoms with Crippen LogP contribution in [0.25, 0.3) is 0 Å². The van der Waals surface area contributed by atoms with Crippen molar-refractivity contribution < 1.29 is 33.6 Å². The Bertz CT molecular complexity index is 1300. The number of benzene rings is 2. The maximum atomic E-state index is 12.7. The van der Waals surface area contributed by atoms with Gasteiger partial charge in [-0.05, 0) is 47.4 Å². The van der Waals surface area contributed by atoms with Crippen LogP contribution in [-0.2, 0) is 29.0 Å². The second kappa shape index (κ2) is 10.7. The molecular formula is C27H29NO8. The SMILES string of the molecule is COC(=O)CC(c1ccc(O)cc1)c1oc(CN2CCc3cc(OC)c(OC)cc3C2)cc(=O)c1O. The average Bonchev–Trinajstić information content (AvgIpc) is 2.89. The van der Waals surface area contributed by atoms with Gasteiger partial charge in [0.05, 0.1) is 40.2 Å². The third-order valence-corrected chi connectivity index (χ3v) is 6.39. The first kappa shape index (κ1) is 25.1. The summed E-state index contributed by atoms with van der Waals surface area (Å²) in [6.07, 6.45) is 0.628. The maximum Gasteiger partial charge on any atom is 0.306 e. The smallest absolute Gasteiger partial charge is 0.306 e. The second-order valence-corrected chi connectivity index (χ2v) is 8.65. The number of fused-ring (bicyclic) bond motifs is 1. The van der Waals surface area contributed by atoms with Gasteiger partial charge in [0, 0.05) is 19.2 Å². The first-order valence-corrected chi connectivity index (χ1v) is 11.5. The molecule has 2 aromatic carbocycles. The topological polar surface area (TPSA) is 119 Å².